The average Bonchev–Trinajstić information content (AvgIpc) is 3.60. The molecule has 0 spiro atoms. The summed E-state index contributed by atoms with van der Waals surface area (Å²) in [5.41, 5.74) is 5.91. The van der Waals surface area contributed by atoms with E-state index in [1.165, 1.54) is 0 Å². The minimum Gasteiger partial charge on any atom is -0.368 e. The Morgan fingerprint density at radius 2 is 0.971 bits per heavy atom. The van der Waals surface area contributed by atoms with Gasteiger partial charge < -0.3 is 21.3 Å². The molecule has 8 heteroatoms. The van der Waals surface area contributed by atoms with Crippen LogP contribution in [0.4, 0.5) is 11.4 Å². The van der Waals surface area contributed by atoms with Crippen LogP contribution in [0.3, 0.4) is 0 Å². The number of anilines is 2. The van der Waals surface area contributed by atoms with Crippen LogP contribution in [0.5, 0.6) is 0 Å². The Hall–Kier alpha value is -3.62. The Morgan fingerprint density at radius 3 is 1.29 bits per heavy atom. The summed E-state index contributed by atoms with van der Waals surface area (Å²) in [6.07, 6.45) is 0. The van der Waals surface area contributed by atoms with Gasteiger partial charge in [-0.2, -0.15) is 0 Å². The maximum absolute atomic E-state index is 5.60. The van der Waals surface area contributed by atoms with E-state index in [0.717, 1.165) is 71.5 Å². The van der Waals surface area contributed by atoms with Gasteiger partial charge in [0, 0.05) is 46.7 Å². The van der Waals surface area contributed by atoms with E-state index < -0.39 is 0 Å². The Bertz CT molecular complexity index is 1160. The highest BCUT2D eigenvalue weighted by atomic mass is 32.1. The molecular formula is C26H24N6S2. The smallest absolute Gasteiger partial charge is 0.128 e. The van der Waals surface area contributed by atoms with Crippen molar-refractivity contribution in [3.63, 3.8) is 0 Å². The molecule has 0 aromatic heterocycles. The number of nitrogens with zero attached hydrogens (tertiary/aromatic N) is 2. The molecular weight excluding hydrogens is 460 g/mol. The van der Waals surface area contributed by atoms with Crippen molar-refractivity contribution < 1.29 is 0 Å². The van der Waals surface area contributed by atoms with Gasteiger partial charge in [0.05, 0.1) is 13.1 Å². The van der Waals surface area contributed by atoms with E-state index >= 15 is 0 Å². The molecule has 0 saturated heterocycles. The van der Waals surface area contributed by atoms with Gasteiger partial charge in [-0.25, -0.2) is 0 Å². The van der Waals surface area contributed by atoms with Gasteiger partial charge in [-0.15, -0.1) is 0 Å². The highest BCUT2D eigenvalue weighted by Crippen LogP contribution is 2.16. The highest BCUT2D eigenvalue weighted by molar-refractivity contribution is 7.81. The molecule has 2 aliphatic heterocycles. The van der Waals surface area contributed by atoms with E-state index in [2.05, 4.69) is 31.3 Å². The summed E-state index contributed by atoms with van der Waals surface area (Å²) in [7, 11) is 0. The Balaban J connectivity index is 1.18. The summed E-state index contributed by atoms with van der Waals surface area (Å²) in [5.74, 6) is 1.90. The molecule has 2 aliphatic rings. The zero-order valence-corrected chi connectivity index (χ0v) is 20.1. The first-order chi connectivity index (χ1) is 16.7. The summed E-state index contributed by atoms with van der Waals surface area (Å²) in [5, 5.41) is 13.2. The second-order valence-electron chi connectivity index (χ2n) is 7.95. The molecule has 170 valence electrons. The second kappa shape index (κ2) is 10.1. The summed E-state index contributed by atoms with van der Waals surface area (Å²) in [4.78, 5) is 10.2. The molecule has 0 fully saturated rings. The van der Waals surface area contributed by atoms with Crippen molar-refractivity contribution in [3.8, 4) is 0 Å². The lowest BCUT2D eigenvalue weighted by Crippen LogP contribution is -2.19. The zero-order chi connectivity index (χ0) is 23.3. The molecule has 0 radical (unpaired) electrons. The van der Waals surface area contributed by atoms with Crippen LogP contribution < -0.4 is 21.3 Å². The van der Waals surface area contributed by atoms with Crippen molar-refractivity contribution in [2.45, 2.75) is 0 Å². The number of hydrogen-bond acceptors (Lipinski definition) is 6. The topological polar surface area (TPSA) is 72.8 Å². The van der Waals surface area contributed by atoms with Gasteiger partial charge in [0.15, 0.2) is 0 Å². The molecule has 3 aromatic rings. The SMILES string of the molecule is S=C(Nc1ccc(C2=NCCN2)cc1)c1ccc(C(=S)Nc2ccc(C3=NCCN3)cc2)cc1. The van der Waals surface area contributed by atoms with Crippen LogP contribution in [0.15, 0.2) is 82.8 Å². The quantitative estimate of drug-likeness (QED) is 0.397. The van der Waals surface area contributed by atoms with E-state index in [9.17, 15) is 0 Å². The van der Waals surface area contributed by atoms with Gasteiger partial charge in [0.25, 0.3) is 0 Å². The third-order valence-electron chi connectivity index (χ3n) is 5.59. The first-order valence-electron chi connectivity index (χ1n) is 11.2. The van der Waals surface area contributed by atoms with Crippen LogP contribution >= 0.6 is 24.4 Å². The van der Waals surface area contributed by atoms with Gasteiger partial charge >= 0.3 is 0 Å². The molecule has 0 bridgehead atoms. The molecule has 4 N–H and O–H groups in total. The lowest BCUT2D eigenvalue weighted by molar-refractivity contribution is 0.960. The first kappa shape index (κ1) is 22.2. The van der Waals surface area contributed by atoms with E-state index in [0.29, 0.717) is 9.98 Å². The molecule has 5 rings (SSSR count). The molecule has 0 saturated carbocycles. The third kappa shape index (κ3) is 5.13. The fourth-order valence-electron chi connectivity index (χ4n) is 3.78. The van der Waals surface area contributed by atoms with Gasteiger partial charge in [-0.3, -0.25) is 9.98 Å². The first-order valence-corrected chi connectivity index (χ1v) is 12.0. The average molecular weight is 485 g/mol. The fourth-order valence-corrected chi connectivity index (χ4v) is 4.29. The summed E-state index contributed by atoms with van der Waals surface area (Å²) >= 11 is 11.2. The highest BCUT2D eigenvalue weighted by Gasteiger charge is 2.10. The summed E-state index contributed by atoms with van der Waals surface area (Å²) < 4.78 is 0. The van der Waals surface area contributed by atoms with Gasteiger partial charge in [-0.1, -0.05) is 48.7 Å². The number of benzene rings is 3. The minimum absolute atomic E-state index is 0.661. The Morgan fingerprint density at radius 1 is 0.588 bits per heavy atom. The maximum Gasteiger partial charge on any atom is 0.128 e. The molecule has 0 amide bonds. The predicted octanol–water partition coefficient (Wildman–Crippen LogP) is 3.96. The lowest BCUT2D eigenvalue weighted by atomic mass is 10.1. The second-order valence-corrected chi connectivity index (χ2v) is 8.77. The summed E-state index contributed by atoms with van der Waals surface area (Å²) in [6, 6.07) is 24.1. The van der Waals surface area contributed by atoms with Crippen molar-refractivity contribution in [1.82, 2.24) is 10.6 Å². The predicted molar refractivity (Wildman–Crippen MR) is 149 cm³/mol. The maximum atomic E-state index is 5.60. The Labute approximate surface area is 209 Å². The van der Waals surface area contributed by atoms with Crippen molar-refractivity contribution in [3.05, 3.63) is 95.1 Å². The zero-order valence-electron chi connectivity index (χ0n) is 18.5. The van der Waals surface area contributed by atoms with Gasteiger partial charge in [-0.05, 0) is 48.5 Å². The molecule has 34 heavy (non-hydrogen) atoms. The normalized spacial score (nSPS) is 14.5. The van der Waals surface area contributed by atoms with E-state index in [-0.39, 0.29) is 0 Å². The van der Waals surface area contributed by atoms with Crippen LogP contribution in [-0.4, -0.2) is 47.8 Å². The van der Waals surface area contributed by atoms with Crippen LogP contribution in [0, 0.1) is 0 Å². The standard InChI is InChI=1S/C26H24N6S2/c33-25(31-21-9-5-17(6-10-21)23-27-13-14-28-23)19-1-2-20(4-3-19)26(34)32-22-11-7-18(8-12-22)24-29-15-16-30-24/h1-12H,13-16H2,(H,27,28)(H,29,30)(H,31,33)(H,32,34). The molecule has 0 unspecified atom stereocenters. The molecule has 6 nitrogen and oxygen atoms in total. The number of rotatable bonds is 6. The third-order valence-corrected chi connectivity index (χ3v) is 6.27. The molecule has 0 aliphatic carbocycles. The summed E-state index contributed by atoms with van der Waals surface area (Å²) in [6.45, 7) is 3.45. The van der Waals surface area contributed by atoms with E-state index in [1.807, 2.05) is 72.8 Å². The molecule has 3 aromatic carbocycles. The van der Waals surface area contributed by atoms with Crippen LogP contribution in [0.1, 0.15) is 22.3 Å². The monoisotopic (exact) mass is 484 g/mol. The number of nitrogens with one attached hydrogen (secondary N) is 4. The van der Waals surface area contributed by atoms with Crippen LogP contribution in [0.25, 0.3) is 0 Å². The van der Waals surface area contributed by atoms with Gasteiger partial charge in [0.1, 0.15) is 21.6 Å². The van der Waals surface area contributed by atoms with Crippen molar-refractivity contribution in [1.29, 1.82) is 0 Å². The van der Waals surface area contributed by atoms with Gasteiger partial charge in [0.2, 0.25) is 0 Å². The number of hydrogen-bond donors (Lipinski definition) is 4. The lowest BCUT2D eigenvalue weighted by Gasteiger charge is -2.12. The van der Waals surface area contributed by atoms with Crippen LogP contribution in [-0.2, 0) is 0 Å². The van der Waals surface area contributed by atoms with Crippen molar-refractivity contribution in [2.75, 3.05) is 36.8 Å². The molecule has 0 atom stereocenters. The van der Waals surface area contributed by atoms with Crippen LogP contribution in [0.2, 0.25) is 0 Å². The largest absolute Gasteiger partial charge is 0.368 e. The van der Waals surface area contributed by atoms with E-state index in [4.69, 9.17) is 24.4 Å². The van der Waals surface area contributed by atoms with Crippen molar-refractivity contribution in [2.24, 2.45) is 9.98 Å². The number of aliphatic imine (C=N–C) groups is 2. The Kier molecular flexibility index (Phi) is 6.60. The number of thiocarbonyl (C=S) groups is 2. The molecule has 2 heterocycles. The minimum atomic E-state index is 0.661. The van der Waals surface area contributed by atoms with Crippen molar-refractivity contribution >= 4 is 57.5 Å². The van der Waals surface area contributed by atoms with E-state index in [1.54, 1.807) is 0 Å². The fraction of sp³-hybridized carbons (Fsp3) is 0.154. The number of amidine groups is 2.